The molecule has 0 unspecified atom stereocenters. The molecule has 0 bridgehead atoms. The maximum Gasteiger partial charge on any atom is 0.417 e. The Kier molecular flexibility index (Phi) is 8.01. The highest BCUT2D eigenvalue weighted by molar-refractivity contribution is 6.31. The smallest absolute Gasteiger partial charge is 0.366 e. The van der Waals surface area contributed by atoms with E-state index in [1.54, 1.807) is 11.9 Å². The predicted molar refractivity (Wildman–Crippen MR) is 111 cm³/mol. The number of benzene rings is 2. The lowest BCUT2D eigenvalue weighted by molar-refractivity contribution is -0.137. The zero-order valence-corrected chi connectivity index (χ0v) is 17.2. The second-order valence-corrected chi connectivity index (χ2v) is 7.13. The molecule has 11 heteroatoms. The molecular formula is C20H20ClF3N4O3. The van der Waals surface area contributed by atoms with Crippen molar-refractivity contribution < 1.29 is 27.6 Å². The monoisotopic (exact) mass is 456 g/mol. The third kappa shape index (κ3) is 7.58. The Bertz CT molecular complexity index is 965. The molecule has 0 aromatic heterocycles. The zero-order valence-electron chi connectivity index (χ0n) is 16.4. The summed E-state index contributed by atoms with van der Waals surface area (Å²) in [5, 5.41) is 4.56. The second kappa shape index (κ2) is 10.3. The van der Waals surface area contributed by atoms with Crippen molar-refractivity contribution in [2.45, 2.75) is 12.6 Å². The highest BCUT2D eigenvalue weighted by atomic mass is 35.5. The van der Waals surface area contributed by atoms with Gasteiger partial charge in [-0.3, -0.25) is 19.3 Å². The van der Waals surface area contributed by atoms with Crippen LogP contribution in [0.5, 0.6) is 0 Å². The Hall–Kier alpha value is -3.11. The summed E-state index contributed by atoms with van der Waals surface area (Å²) < 4.78 is 38.7. The summed E-state index contributed by atoms with van der Waals surface area (Å²) in [4.78, 5) is 36.7. The maximum atomic E-state index is 12.9. The Labute approximate surface area is 181 Å². The summed E-state index contributed by atoms with van der Waals surface area (Å²) >= 11 is 5.55. The lowest BCUT2D eigenvalue weighted by Crippen LogP contribution is -2.32. The van der Waals surface area contributed by atoms with Gasteiger partial charge in [0, 0.05) is 29.9 Å². The first-order chi connectivity index (χ1) is 14.5. The molecule has 0 aliphatic rings. The Morgan fingerprint density at radius 2 is 1.58 bits per heavy atom. The maximum absolute atomic E-state index is 12.9. The number of nitrogens with zero attached hydrogens (tertiary/aromatic N) is 1. The van der Waals surface area contributed by atoms with Crippen LogP contribution < -0.4 is 16.4 Å². The predicted octanol–water partition coefficient (Wildman–Crippen LogP) is 3.36. The van der Waals surface area contributed by atoms with E-state index in [9.17, 15) is 27.6 Å². The normalized spacial score (nSPS) is 11.3. The number of halogens is 4. The standard InChI is InChI=1S/C20H20ClF3N4O3/c1-28(9-8-17(29)26-13-4-2-12(3-5-13)19(25)31)11-18(30)27-14-6-7-16(21)15(10-14)20(22,23)24/h2-7,10H,8-9,11H2,1H3,(H2,25,31)(H,26,29)(H,27,30). The van der Waals surface area contributed by atoms with E-state index >= 15 is 0 Å². The van der Waals surface area contributed by atoms with Gasteiger partial charge in [0.1, 0.15) is 0 Å². The molecule has 0 atom stereocenters. The highest BCUT2D eigenvalue weighted by Gasteiger charge is 2.33. The third-order valence-corrected chi connectivity index (χ3v) is 4.47. The largest absolute Gasteiger partial charge is 0.417 e. The molecule has 31 heavy (non-hydrogen) atoms. The number of rotatable bonds is 8. The molecule has 0 aliphatic heterocycles. The molecule has 7 nitrogen and oxygen atoms in total. The number of amides is 3. The average Bonchev–Trinajstić information content (AvgIpc) is 2.67. The number of hydrogen-bond acceptors (Lipinski definition) is 4. The molecule has 2 aromatic rings. The van der Waals surface area contributed by atoms with Gasteiger partial charge in [-0.25, -0.2) is 0 Å². The molecule has 0 saturated carbocycles. The third-order valence-electron chi connectivity index (χ3n) is 4.14. The number of hydrogen-bond donors (Lipinski definition) is 3. The molecule has 4 N–H and O–H groups in total. The van der Waals surface area contributed by atoms with Crippen LogP contribution in [0.25, 0.3) is 0 Å². The molecule has 0 fully saturated rings. The number of alkyl halides is 3. The first-order valence-corrected chi connectivity index (χ1v) is 9.38. The van der Waals surface area contributed by atoms with Gasteiger partial charge in [-0.05, 0) is 49.5 Å². The first kappa shape index (κ1) is 24.2. The lowest BCUT2D eigenvalue weighted by atomic mass is 10.2. The van der Waals surface area contributed by atoms with E-state index in [1.807, 2.05) is 0 Å². The van der Waals surface area contributed by atoms with E-state index in [0.717, 1.165) is 12.1 Å². The fraction of sp³-hybridized carbons (Fsp3) is 0.250. The van der Waals surface area contributed by atoms with E-state index in [0.29, 0.717) is 11.3 Å². The number of carbonyl (C=O) groups excluding carboxylic acids is 3. The van der Waals surface area contributed by atoms with Crippen LogP contribution in [0.15, 0.2) is 42.5 Å². The zero-order chi connectivity index (χ0) is 23.2. The van der Waals surface area contributed by atoms with Crippen molar-refractivity contribution in [3.63, 3.8) is 0 Å². The van der Waals surface area contributed by atoms with Gasteiger partial charge in [0.25, 0.3) is 0 Å². The number of nitrogens with two attached hydrogens (primary N) is 1. The summed E-state index contributed by atoms with van der Waals surface area (Å²) in [5.41, 5.74) is 4.87. The van der Waals surface area contributed by atoms with Gasteiger partial charge in [0.05, 0.1) is 17.1 Å². The quantitative estimate of drug-likeness (QED) is 0.566. The summed E-state index contributed by atoms with van der Waals surface area (Å²) in [6.45, 7) is 0.0948. The van der Waals surface area contributed by atoms with Crippen LogP contribution in [-0.2, 0) is 15.8 Å². The van der Waals surface area contributed by atoms with Crippen molar-refractivity contribution in [3.8, 4) is 0 Å². The molecule has 0 spiro atoms. The molecule has 2 rings (SSSR count). The summed E-state index contributed by atoms with van der Waals surface area (Å²) in [5.74, 6) is -1.43. The van der Waals surface area contributed by atoms with Crippen molar-refractivity contribution in [2.24, 2.45) is 5.73 Å². The molecule has 0 aliphatic carbocycles. The Balaban J connectivity index is 1.81. The minimum Gasteiger partial charge on any atom is -0.366 e. The fourth-order valence-electron chi connectivity index (χ4n) is 2.58. The van der Waals surface area contributed by atoms with E-state index in [1.165, 1.54) is 30.3 Å². The van der Waals surface area contributed by atoms with Crippen LogP contribution in [0.3, 0.4) is 0 Å². The van der Waals surface area contributed by atoms with E-state index in [-0.39, 0.29) is 31.1 Å². The van der Waals surface area contributed by atoms with Gasteiger partial charge >= 0.3 is 6.18 Å². The van der Waals surface area contributed by atoms with Crippen molar-refractivity contribution in [1.29, 1.82) is 0 Å². The SMILES string of the molecule is CN(CCC(=O)Nc1ccc(C(N)=O)cc1)CC(=O)Nc1ccc(Cl)c(C(F)(F)F)c1. The molecule has 0 saturated heterocycles. The fourth-order valence-corrected chi connectivity index (χ4v) is 2.80. The van der Waals surface area contributed by atoms with E-state index < -0.39 is 28.6 Å². The number of nitrogens with one attached hydrogen (secondary N) is 2. The van der Waals surface area contributed by atoms with Crippen molar-refractivity contribution >= 4 is 40.7 Å². The van der Waals surface area contributed by atoms with Crippen molar-refractivity contribution in [3.05, 3.63) is 58.6 Å². The van der Waals surface area contributed by atoms with Gasteiger partial charge in [-0.1, -0.05) is 11.6 Å². The van der Waals surface area contributed by atoms with E-state index in [4.69, 9.17) is 17.3 Å². The minimum absolute atomic E-state index is 0.0349. The minimum atomic E-state index is -4.64. The highest BCUT2D eigenvalue weighted by Crippen LogP contribution is 2.36. The van der Waals surface area contributed by atoms with Crippen LogP contribution in [0.1, 0.15) is 22.3 Å². The molecule has 2 aromatic carbocycles. The van der Waals surface area contributed by atoms with Gasteiger partial charge in [-0.2, -0.15) is 13.2 Å². The number of primary amides is 1. The molecule has 0 radical (unpaired) electrons. The summed E-state index contributed by atoms with van der Waals surface area (Å²) in [7, 11) is 1.59. The molecule has 0 heterocycles. The van der Waals surface area contributed by atoms with E-state index in [2.05, 4.69) is 10.6 Å². The van der Waals surface area contributed by atoms with Gasteiger partial charge < -0.3 is 16.4 Å². The number of likely N-dealkylation sites (N-methyl/N-ethyl adjacent to an activating group) is 1. The molecular weight excluding hydrogens is 437 g/mol. The topological polar surface area (TPSA) is 105 Å². The van der Waals surface area contributed by atoms with Gasteiger partial charge in [-0.15, -0.1) is 0 Å². The van der Waals surface area contributed by atoms with Gasteiger partial charge in [0.15, 0.2) is 0 Å². The van der Waals surface area contributed by atoms with Crippen LogP contribution in [0, 0.1) is 0 Å². The van der Waals surface area contributed by atoms with Crippen LogP contribution >= 0.6 is 11.6 Å². The van der Waals surface area contributed by atoms with Crippen molar-refractivity contribution in [1.82, 2.24) is 4.90 Å². The van der Waals surface area contributed by atoms with Crippen LogP contribution in [-0.4, -0.2) is 42.8 Å². The summed E-state index contributed by atoms with van der Waals surface area (Å²) in [6, 6.07) is 9.13. The van der Waals surface area contributed by atoms with Crippen LogP contribution in [0.2, 0.25) is 5.02 Å². The van der Waals surface area contributed by atoms with Crippen LogP contribution in [0.4, 0.5) is 24.5 Å². The number of carbonyl (C=O) groups is 3. The Morgan fingerprint density at radius 1 is 1.00 bits per heavy atom. The second-order valence-electron chi connectivity index (χ2n) is 6.72. The van der Waals surface area contributed by atoms with Crippen molar-refractivity contribution in [2.75, 3.05) is 30.8 Å². The lowest BCUT2D eigenvalue weighted by Gasteiger charge is -2.17. The Morgan fingerprint density at radius 3 is 2.16 bits per heavy atom. The molecule has 166 valence electrons. The summed E-state index contributed by atoms with van der Waals surface area (Å²) in [6.07, 6.45) is -4.57. The number of anilines is 2. The first-order valence-electron chi connectivity index (χ1n) is 9.00. The average molecular weight is 457 g/mol. The molecule has 3 amide bonds. The van der Waals surface area contributed by atoms with Gasteiger partial charge in [0.2, 0.25) is 17.7 Å².